The number of benzene rings is 1. The van der Waals surface area contributed by atoms with E-state index in [-0.39, 0.29) is 18.3 Å². The molecule has 22 heavy (non-hydrogen) atoms. The predicted octanol–water partition coefficient (Wildman–Crippen LogP) is 2.70. The molecule has 1 unspecified atom stereocenters. The number of halogens is 1. The summed E-state index contributed by atoms with van der Waals surface area (Å²) < 4.78 is 0. The number of amides is 1. The van der Waals surface area contributed by atoms with Crippen molar-refractivity contribution in [2.75, 3.05) is 36.8 Å². The summed E-state index contributed by atoms with van der Waals surface area (Å²) in [6.07, 6.45) is 4.47. The van der Waals surface area contributed by atoms with Crippen LogP contribution in [0.4, 0.5) is 11.4 Å². The molecule has 0 radical (unpaired) electrons. The van der Waals surface area contributed by atoms with E-state index in [0.717, 1.165) is 50.3 Å². The second-order valence-corrected chi connectivity index (χ2v) is 6.46. The third-order valence-corrected chi connectivity index (χ3v) is 4.72. The number of hydrogen-bond donors (Lipinski definition) is 1. The molecule has 0 aromatic heterocycles. The van der Waals surface area contributed by atoms with E-state index in [1.165, 1.54) is 12.0 Å². The Morgan fingerprint density at radius 3 is 2.91 bits per heavy atom. The summed E-state index contributed by atoms with van der Waals surface area (Å²) in [7, 11) is 0. The lowest BCUT2D eigenvalue weighted by Gasteiger charge is -2.36. The molecule has 0 spiro atoms. The Bertz CT molecular complexity index is 535. The molecule has 5 heteroatoms. The highest BCUT2D eigenvalue weighted by Crippen LogP contribution is 2.31. The van der Waals surface area contributed by atoms with Crippen LogP contribution in [0, 0.1) is 5.92 Å². The van der Waals surface area contributed by atoms with Crippen molar-refractivity contribution in [1.29, 1.82) is 0 Å². The largest absolute Gasteiger partial charge is 0.398 e. The number of nitrogen functional groups attached to an aromatic ring is 1. The topological polar surface area (TPSA) is 49.6 Å². The number of carbonyl (C=O) groups is 1. The first-order chi connectivity index (χ1) is 10.1. The number of nitrogens with two attached hydrogens (primary N) is 1. The zero-order valence-corrected chi connectivity index (χ0v) is 14.1. The van der Waals surface area contributed by atoms with Gasteiger partial charge in [-0.05, 0) is 49.3 Å². The second-order valence-electron chi connectivity index (χ2n) is 6.46. The van der Waals surface area contributed by atoms with Crippen LogP contribution in [0.15, 0.2) is 18.2 Å². The highest BCUT2D eigenvalue weighted by Gasteiger charge is 2.25. The minimum atomic E-state index is 0. The van der Waals surface area contributed by atoms with E-state index in [1.54, 1.807) is 0 Å². The van der Waals surface area contributed by atoms with Crippen LogP contribution in [0.3, 0.4) is 0 Å². The molecule has 2 N–H and O–H groups in total. The van der Waals surface area contributed by atoms with Crippen LogP contribution in [0.1, 0.15) is 31.7 Å². The lowest BCUT2D eigenvalue weighted by molar-refractivity contribution is -0.131. The van der Waals surface area contributed by atoms with Crippen molar-refractivity contribution in [3.63, 3.8) is 0 Å². The molecule has 1 saturated heterocycles. The number of likely N-dealkylation sites (tertiary alicyclic amines) is 1. The van der Waals surface area contributed by atoms with Gasteiger partial charge < -0.3 is 15.5 Å². The lowest BCUT2D eigenvalue weighted by atomic mass is 9.99. The van der Waals surface area contributed by atoms with Gasteiger partial charge in [-0.3, -0.25) is 4.79 Å². The third-order valence-electron chi connectivity index (χ3n) is 4.72. The summed E-state index contributed by atoms with van der Waals surface area (Å²) in [6, 6.07) is 6.04. The Morgan fingerprint density at radius 1 is 1.32 bits per heavy atom. The van der Waals surface area contributed by atoms with E-state index in [4.69, 9.17) is 5.73 Å². The van der Waals surface area contributed by atoms with Crippen LogP contribution in [-0.2, 0) is 11.2 Å². The molecule has 1 fully saturated rings. The summed E-state index contributed by atoms with van der Waals surface area (Å²) in [5.41, 5.74) is 9.30. The summed E-state index contributed by atoms with van der Waals surface area (Å²) in [6.45, 7) is 5.50. The molecule has 3 rings (SSSR count). The molecular weight excluding hydrogens is 298 g/mol. The van der Waals surface area contributed by atoms with Crippen molar-refractivity contribution in [3.8, 4) is 0 Å². The van der Waals surface area contributed by atoms with Crippen molar-refractivity contribution in [1.82, 2.24) is 4.90 Å². The minimum absolute atomic E-state index is 0. The first-order valence-electron chi connectivity index (χ1n) is 8.05. The van der Waals surface area contributed by atoms with Gasteiger partial charge in [-0.1, -0.05) is 13.0 Å². The van der Waals surface area contributed by atoms with Crippen LogP contribution >= 0.6 is 12.4 Å². The van der Waals surface area contributed by atoms with Gasteiger partial charge in [-0.25, -0.2) is 0 Å². The lowest BCUT2D eigenvalue weighted by Crippen LogP contribution is -2.45. The third kappa shape index (κ3) is 3.49. The van der Waals surface area contributed by atoms with E-state index in [0.29, 0.717) is 12.5 Å². The normalized spacial score (nSPS) is 21.0. The molecule has 2 heterocycles. The molecular formula is C17H26ClN3O. The fourth-order valence-electron chi connectivity index (χ4n) is 3.57. The second kappa shape index (κ2) is 7.23. The highest BCUT2D eigenvalue weighted by molar-refractivity contribution is 5.85. The van der Waals surface area contributed by atoms with Crippen molar-refractivity contribution < 1.29 is 4.79 Å². The van der Waals surface area contributed by atoms with Gasteiger partial charge in [0.2, 0.25) is 5.91 Å². The maximum atomic E-state index is 12.6. The fourth-order valence-corrected chi connectivity index (χ4v) is 3.57. The SMILES string of the molecule is CC1CCCN(C(=O)CN2CCCc3c(N)cccc32)C1.Cl. The number of fused-ring (bicyclic) bond motifs is 1. The van der Waals surface area contributed by atoms with Crippen molar-refractivity contribution in [2.45, 2.75) is 32.6 Å². The molecule has 122 valence electrons. The van der Waals surface area contributed by atoms with E-state index in [1.807, 2.05) is 17.0 Å². The average Bonchev–Trinajstić information content (AvgIpc) is 2.48. The zero-order valence-electron chi connectivity index (χ0n) is 13.3. The molecule has 1 aromatic carbocycles. The monoisotopic (exact) mass is 323 g/mol. The molecule has 2 aliphatic heterocycles. The maximum absolute atomic E-state index is 12.6. The van der Waals surface area contributed by atoms with Gasteiger partial charge >= 0.3 is 0 Å². The molecule has 0 saturated carbocycles. The molecule has 4 nitrogen and oxygen atoms in total. The molecule has 1 atom stereocenters. The smallest absolute Gasteiger partial charge is 0.242 e. The van der Waals surface area contributed by atoms with Crippen LogP contribution < -0.4 is 10.6 Å². The summed E-state index contributed by atoms with van der Waals surface area (Å²) in [5, 5.41) is 0. The van der Waals surface area contributed by atoms with Gasteiger partial charge in [-0.2, -0.15) is 0 Å². The Hall–Kier alpha value is -1.42. The predicted molar refractivity (Wildman–Crippen MR) is 93.6 cm³/mol. The summed E-state index contributed by atoms with van der Waals surface area (Å²) in [5.74, 6) is 0.892. The van der Waals surface area contributed by atoms with Crippen molar-refractivity contribution in [3.05, 3.63) is 23.8 Å². The maximum Gasteiger partial charge on any atom is 0.242 e. The van der Waals surface area contributed by atoms with Crippen LogP contribution in [-0.4, -0.2) is 37.0 Å². The van der Waals surface area contributed by atoms with Gasteiger partial charge in [-0.15, -0.1) is 12.4 Å². The minimum Gasteiger partial charge on any atom is -0.398 e. The fraction of sp³-hybridized carbons (Fsp3) is 0.588. The number of carbonyl (C=O) groups excluding carboxylic acids is 1. The zero-order chi connectivity index (χ0) is 14.8. The van der Waals surface area contributed by atoms with Crippen molar-refractivity contribution in [2.24, 2.45) is 5.92 Å². The van der Waals surface area contributed by atoms with Gasteiger partial charge in [0.25, 0.3) is 0 Å². The Kier molecular flexibility index (Phi) is 5.57. The first-order valence-corrected chi connectivity index (χ1v) is 8.05. The molecule has 0 bridgehead atoms. The van der Waals surface area contributed by atoms with E-state index >= 15 is 0 Å². The summed E-state index contributed by atoms with van der Waals surface area (Å²) >= 11 is 0. The number of nitrogens with zero attached hydrogens (tertiary/aromatic N) is 2. The highest BCUT2D eigenvalue weighted by atomic mass is 35.5. The van der Waals surface area contributed by atoms with Gasteiger partial charge in [0, 0.05) is 31.0 Å². The molecule has 1 aromatic rings. The molecule has 1 amide bonds. The summed E-state index contributed by atoms with van der Waals surface area (Å²) in [4.78, 5) is 16.8. The van der Waals surface area contributed by atoms with Crippen LogP contribution in [0.25, 0.3) is 0 Å². The number of piperidine rings is 1. The van der Waals surface area contributed by atoms with E-state index < -0.39 is 0 Å². The standard InChI is InChI=1S/C17H25N3O.ClH/c1-13-5-3-10-20(11-13)17(21)12-19-9-4-6-14-15(18)7-2-8-16(14)19;/h2,7-8,13H,3-6,9-12,18H2,1H3;1H. The van der Waals surface area contributed by atoms with Crippen LogP contribution in [0.5, 0.6) is 0 Å². The Labute approximate surface area is 139 Å². The quantitative estimate of drug-likeness (QED) is 0.851. The number of rotatable bonds is 2. The van der Waals surface area contributed by atoms with Crippen molar-refractivity contribution >= 4 is 29.7 Å². The number of anilines is 2. The Morgan fingerprint density at radius 2 is 2.14 bits per heavy atom. The number of hydrogen-bond acceptors (Lipinski definition) is 3. The van der Waals surface area contributed by atoms with Crippen LogP contribution in [0.2, 0.25) is 0 Å². The van der Waals surface area contributed by atoms with E-state index in [2.05, 4.69) is 17.9 Å². The van der Waals surface area contributed by atoms with E-state index in [9.17, 15) is 4.79 Å². The molecule has 0 aliphatic carbocycles. The van der Waals surface area contributed by atoms with Gasteiger partial charge in [0.05, 0.1) is 6.54 Å². The average molecular weight is 324 g/mol. The first kappa shape index (κ1) is 16.9. The molecule has 2 aliphatic rings. The Balaban J connectivity index is 0.00000176. The van der Waals surface area contributed by atoms with Gasteiger partial charge in [0.1, 0.15) is 0 Å². The van der Waals surface area contributed by atoms with Gasteiger partial charge in [0.15, 0.2) is 0 Å².